The minimum Gasteiger partial charge on any atom is -0.378 e. The lowest BCUT2D eigenvalue weighted by atomic mass is 10.4. The standard InChI is InChI=1S/C11H15F2N5O/c12-10(13)8-1-2-15-9(17-8)7-16-11(14)18-3-5-19-6-4-18/h1-2,10H,3-7H2,(H2,14,16). The Kier molecular flexibility index (Phi) is 4.56. The summed E-state index contributed by atoms with van der Waals surface area (Å²) < 4.78 is 30.1. The maximum Gasteiger partial charge on any atom is 0.280 e. The van der Waals surface area contributed by atoms with E-state index in [1.165, 1.54) is 12.3 Å². The number of hydrogen-bond acceptors (Lipinski definition) is 4. The molecule has 19 heavy (non-hydrogen) atoms. The van der Waals surface area contributed by atoms with Crippen molar-refractivity contribution in [3.63, 3.8) is 0 Å². The molecule has 0 radical (unpaired) electrons. The van der Waals surface area contributed by atoms with Gasteiger partial charge in [0, 0.05) is 19.3 Å². The van der Waals surface area contributed by atoms with E-state index in [2.05, 4.69) is 15.0 Å². The summed E-state index contributed by atoms with van der Waals surface area (Å²) in [4.78, 5) is 13.6. The first-order valence-electron chi connectivity index (χ1n) is 5.89. The molecular weight excluding hydrogens is 256 g/mol. The van der Waals surface area contributed by atoms with Crippen LogP contribution in [0.4, 0.5) is 8.78 Å². The molecular formula is C11H15F2N5O. The summed E-state index contributed by atoms with van der Waals surface area (Å²) in [7, 11) is 0. The third-order valence-corrected chi connectivity index (χ3v) is 2.67. The maximum absolute atomic E-state index is 12.5. The van der Waals surface area contributed by atoms with Gasteiger partial charge in [-0.25, -0.2) is 23.7 Å². The molecule has 0 unspecified atom stereocenters. The van der Waals surface area contributed by atoms with Crippen molar-refractivity contribution in [3.8, 4) is 0 Å². The average Bonchev–Trinajstić information content (AvgIpc) is 2.46. The number of nitrogens with two attached hydrogens (primary N) is 1. The van der Waals surface area contributed by atoms with Crippen LogP contribution in [0, 0.1) is 0 Å². The van der Waals surface area contributed by atoms with E-state index in [4.69, 9.17) is 10.5 Å². The molecule has 0 bridgehead atoms. The molecule has 104 valence electrons. The Bertz CT molecular complexity index is 448. The van der Waals surface area contributed by atoms with Crippen molar-refractivity contribution in [2.75, 3.05) is 26.3 Å². The molecule has 0 spiro atoms. The second-order valence-electron chi connectivity index (χ2n) is 3.97. The third kappa shape index (κ3) is 3.82. The fraction of sp³-hybridized carbons (Fsp3) is 0.545. The highest BCUT2D eigenvalue weighted by atomic mass is 19.3. The lowest BCUT2D eigenvalue weighted by Crippen LogP contribution is -2.44. The number of guanidine groups is 1. The van der Waals surface area contributed by atoms with Gasteiger partial charge in [0.05, 0.1) is 13.2 Å². The van der Waals surface area contributed by atoms with Crippen molar-refractivity contribution < 1.29 is 13.5 Å². The minimum absolute atomic E-state index is 0.0871. The Labute approximate surface area is 109 Å². The summed E-state index contributed by atoms with van der Waals surface area (Å²) in [6.07, 6.45) is -1.31. The molecule has 2 rings (SSSR count). The van der Waals surface area contributed by atoms with Crippen molar-refractivity contribution in [2.24, 2.45) is 10.7 Å². The van der Waals surface area contributed by atoms with Gasteiger partial charge in [-0.05, 0) is 6.07 Å². The van der Waals surface area contributed by atoms with E-state index in [9.17, 15) is 8.78 Å². The van der Waals surface area contributed by atoms with Crippen LogP contribution in [0.25, 0.3) is 0 Å². The molecule has 0 aromatic carbocycles. The first-order chi connectivity index (χ1) is 9.16. The molecule has 0 amide bonds. The molecule has 1 aliphatic rings. The van der Waals surface area contributed by atoms with Crippen LogP contribution in [0.3, 0.4) is 0 Å². The number of aliphatic imine (C=N–C) groups is 1. The van der Waals surface area contributed by atoms with Gasteiger partial charge in [-0.2, -0.15) is 0 Å². The molecule has 1 saturated heterocycles. The number of hydrogen-bond donors (Lipinski definition) is 1. The van der Waals surface area contributed by atoms with Gasteiger partial charge in [0.25, 0.3) is 6.43 Å². The van der Waals surface area contributed by atoms with Crippen LogP contribution < -0.4 is 5.73 Å². The number of morpholine rings is 1. The minimum atomic E-state index is -2.61. The lowest BCUT2D eigenvalue weighted by Gasteiger charge is -2.27. The van der Waals surface area contributed by atoms with Crippen molar-refractivity contribution in [3.05, 3.63) is 23.8 Å². The molecule has 2 heterocycles. The van der Waals surface area contributed by atoms with Crippen LogP contribution in [0.5, 0.6) is 0 Å². The SMILES string of the molecule is NC(=NCc1nccc(C(F)F)n1)N1CCOCC1. The molecule has 2 N–H and O–H groups in total. The zero-order valence-electron chi connectivity index (χ0n) is 10.3. The Balaban J connectivity index is 1.98. The van der Waals surface area contributed by atoms with Gasteiger partial charge in [-0.15, -0.1) is 0 Å². The highest BCUT2D eigenvalue weighted by Crippen LogP contribution is 2.15. The molecule has 0 atom stereocenters. The summed E-state index contributed by atoms with van der Waals surface area (Å²) >= 11 is 0. The van der Waals surface area contributed by atoms with Crippen LogP contribution >= 0.6 is 0 Å². The van der Waals surface area contributed by atoms with Gasteiger partial charge >= 0.3 is 0 Å². The zero-order valence-corrected chi connectivity index (χ0v) is 10.3. The molecule has 0 aliphatic carbocycles. The highest BCUT2D eigenvalue weighted by Gasteiger charge is 2.13. The van der Waals surface area contributed by atoms with Crippen molar-refractivity contribution in [1.29, 1.82) is 0 Å². The van der Waals surface area contributed by atoms with Crippen LogP contribution in [0.2, 0.25) is 0 Å². The molecule has 0 saturated carbocycles. The normalized spacial score (nSPS) is 17.0. The lowest BCUT2D eigenvalue weighted by molar-refractivity contribution is 0.0674. The Morgan fingerprint density at radius 1 is 1.47 bits per heavy atom. The van der Waals surface area contributed by atoms with Crippen LogP contribution in [-0.4, -0.2) is 47.1 Å². The predicted molar refractivity (Wildman–Crippen MR) is 64.7 cm³/mol. The summed E-state index contributed by atoms with van der Waals surface area (Å²) in [5, 5.41) is 0. The van der Waals surface area contributed by atoms with Crippen molar-refractivity contribution in [1.82, 2.24) is 14.9 Å². The quantitative estimate of drug-likeness (QED) is 0.642. The van der Waals surface area contributed by atoms with Gasteiger partial charge in [-0.1, -0.05) is 0 Å². The molecule has 1 aromatic heterocycles. The first-order valence-corrected chi connectivity index (χ1v) is 5.89. The van der Waals surface area contributed by atoms with Crippen LogP contribution in [-0.2, 0) is 11.3 Å². The second kappa shape index (κ2) is 6.37. The Morgan fingerprint density at radius 3 is 2.89 bits per heavy atom. The van der Waals surface area contributed by atoms with E-state index < -0.39 is 6.43 Å². The van der Waals surface area contributed by atoms with E-state index in [1.807, 2.05) is 4.90 Å². The van der Waals surface area contributed by atoms with Gasteiger partial charge in [0.2, 0.25) is 0 Å². The molecule has 1 aliphatic heterocycles. The molecule has 1 aromatic rings. The van der Waals surface area contributed by atoms with E-state index in [0.717, 1.165) is 0 Å². The summed E-state index contributed by atoms with van der Waals surface area (Å²) in [6, 6.07) is 1.18. The number of aromatic nitrogens is 2. The Morgan fingerprint density at radius 2 is 2.21 bits per heavy atom. The number of nitrogens with zero attached hydrogens (tertiary/aromatic N) is 4. The summed E-state index contributed by atoms with van der Waals surface area (Å²) in [5.74, 6) is 0.586. The second-order valence-corrected chi connectivity index (χ2v) is 3.97. The number of halogens is 2. The summed E-state index contributed by atoms with van der Waals surface area (Å²) in [6.45, 7) is 2.64. The van der Waals surface area contributed by atoms with E-state index in [-0.39, 0.29) is 18.1 Å². The fourth-order valence-electron chi connectivity index (χ4n) is 1.66. The number of ether oxygens (including phenoxy) is 1. The molecule has 8 heteroatoms. The molecule has 6 nitrogen and oxygen atoms in total. The van der Waals surface area contributed by atoms with Crippen molar-refractivity contribution >= 4 is 5.96 Å². The van der Waals surface area contributed by atoms with Gasteiger partial charge in [-0.3, -0.25) is 0 Å². The number of alkyl halides is 2. The van der Waals surface area contributed by atoms with E-state index >= 15 is 0 Å². The van der Waals surface area contributed by atoms with Crippen molar-refractivity contribution in [2.45, 2.75) is 13.0 Å². The third-order valence-electron chi connectivity index (χ3n) is 2.67. The van der Waals surface area contributed by atoms with Gasteiger partial charge in [0.1, 0.15) is 18.1 Å². The smallest absolute Gasteiger partial charge is 0.280 e. The topological polar surface area (TPSA) is 76.6 Å². The van der Waals surface area contributed by atoms with Gasteiger partial charge in [0.15, 0.2) is 5.96 Å². The maximum atomic E-state index is 12.5. The predicted octanol–water partition coefficient (Wildman–Crippen LogP) is 0.561. The fourth-order valence-corrected chi connectivity index (χ4v) is 1.66. The zero-order chi connectivity index (χ0) is 13.7. The summed E-state index contributed by atoms with van der Waals surface area (Å²) in [5.41, 5.74) is 5.51. The first kappa shape index (κ1) is 13.6. The van der Waals surface area contributed by atoms with E-state index in [0.29, 0.717) is 32.3 Å². The average molecular weight is 271 g/mol. The van der Waals surface area contributed by atoms with Crippen LogP contribution in [0.15, 0.2) is 17.3 Å². The highest BCUT2D eigenvalue weighted by molar-refractivity contribution is 5.78. The van der Waals surface area contributed by atoms with Crippen LogP contribution in [0.1, 0.15) is 17.9 Å². The van der Waals surface area contributed by atoms with Gasteiger partial charge < -0.3 is 15.4 Å². The number of rotatable bonds is 3. The largest absolute Gasteiger partial charge is 0.378 e. The Hall–Kier alpha value is -1.83. The molecule has 1 fully saturated rings. The van der Waals surface area contributed by atoms with E-state index in [1.54, 1.807) is 0 Å². The monoisotopic (exact) mass is 271 g/mol.